The van der Waals surface area contributed by atoms with Crippen molar-refractivity contribution in [1.29, 1.82) is 0 Å². The molecular weight excluding hydrogens is 224 g/mol. The molecule has 0 amide bonds. The lowest BCUT2D eigenvalue weighted by Gasteiger charge is -2.33. The van der Waals surface area contributed by atoms with Crippen LogP contribution in [0, 0.1) is 5.92 Å². The summed E-state index contributed by atoms with van der Waals surface area (Å²) in [5, 5.41) is 20.4. The van der Waals surface area contributed by atoms with Crippen molar-refractivity contribution in [2.45, 2.75) is 59.3 Å². The average molecular weight is 250 g/mol. The normalized spacial score (nSPS) is 13.1. The van der Waals surface area contributed by atoms with Crippen LogP contribution in [0.25, 0.3) is 0 Å². The van der Waals surface area contributed by atoms with E-state index < -0.39 is 0 Å². The average Bonchev–Trinajstić information content (AvgIpc) is 2.18. The molecule has 0 saturated heterocycles. The molecule has 0 aromatic heterocycles. The first-order valence-corrected chi connectivity index (χ1v) is 6.55. The predicted molar refractivity (Wildman–Crippen MR) is 76.3 cm³/mol. The molecule has 2 heteroatoms. The molecule has 0 unspecified atom stereocenters. The molecule has 0 aliphatic rings. The van der Waals surface area contributed by atoms with Gasteiger partial charge in [0.15, 0.2) is 0 Å². The van der Waals surface area contributed by atoms with E-state index in [1.54, 1.807) is 12.1 Å². The molecule has 0 spiro atoms. The standard InChI is InChI=1S/C16H26O2/c1-10(2)16(6,7)13-9-11(17)8-12(14(13)18)15(3,4)5/h8-10,17-18H,1-7H3. The number of benzene rings is 1. The van der Waals surface area contributed by atoms with Crippen LogP contribution in [-0.4, -0.2) is 10.2 Å². The van der Waals surface area contributed by atoms with Crippen LogP contribution >= 0.6 is 0 Å². The van der Waals surface area contributed by atoms with Gasteiger partial charge in [-0.2, -0.15) is 0 Å². The molecule has 0 radical (unpaired) electrons. The molecule has 1 aromatic rings. The third-order valence-corrected chi connectivity index (χ3v) is 4.04. The Kier molecular flexibility index (Phi) is 3.71. The maximum atomic E-state index is 10.5. The van der Waals surface area contributed by atoms with Crippen LogP contribution in [0.3, 0.4) is 0 Å². The van der Waals surface area contributed by atoms with Crippen molar-refractivity contribution >= 4 is 0 Å². The van der Waals surface area contributed by atoms with Crippen LogP contribution in [0.15, 0.2) is 12.1 Å². The van der Waals surface area contributed by atoms with E-state index in [9.17, 15) is 10.2 Å². The lowest BCUT2D eigenvalue weighted by Crippen LogP contribution is -2.25. The smallest absolute Gasteiger partial charge is 0.123 e. The molecule has 2 N–H and O–H groups in total. The third kappa shape index (κ3) is 2.63. The number of rotatable bonds is 2. The highest BCUT2D eigenvalue weighted by atomic mass is 16.3. The summed E-state index contributed by atoms with van der Waals surface area (Å²) in [5.74, 6) is 0.915. The number of aromatic hydroxyl groups is 2. The second kappa shape index (κ2) is 4.49. The molecule has 0 fully saturated rings. The van der Waals surface area contributed by atoms with Gasteiger partial charge < -0.3 is 10.2 Å². The fourth-order valence-electron chi connectivity index (χ4n) is 1.99. The Morgan fingerprint density at radius 2 is 1.33 bits per heavy atom. The molecule has 1 aromatic carbocycles. The van der Waals surface area contributed by atoms with E-state index >= 15 is 0 Å². The second-order valence-electron chi connectivity index (χ2n) is 7.02. The van der Waals surface area contributed by atoms with E-state index in [0.29, 0.717) is 11.7 Å². The minimum atomic E-state index is -0.190. The van der Waals surface area contributed by atoms with Crippen molar-refractivity contribution in [3.63, 3.8) is 0 Å². The summed E-state index contributed by atoms with van der Waals surface area (Å²) >= 11 is 0. The van der Waals surface area contributed by atoms with Crippen LogP contribution in [0.2, 0.25) is 0 Å². The SMILES string of the molecule is CC(C)C(C)(C)c1cc(O)cc(C(C)(C)C)c1O. The molecule has 0 bridgehead atoms. The van der Waals surface area contributed by atoms with Gasteiger partial charge in [-0.25, -0.2) is 0 Å². The summed E-state index contributed by atoms with van der Waals surface area (Å²) in [6.45, 7) is 14.5. The van der Waals surface area contributed by atoms with Crippen molar-refractivity contribution < 1.29 is 10.2 Å². The number of phenolic OH excluding ortho intramolecular Hbond substituents is 2. The van der Waals surface area contributed by atoms with Crippen LogP contribution in [-0.2, 0) is 10.8 Å². The largest absolute Gasteiger partial charge is 0.508 e. The monoisotopic (exact) mass is 250 g/mol. The molecule has 2 nitrogen and oxygen atoms in total. The van der Waals surface area contributed by atoms with Crippen molar-refractivity contribution in [2.75, 3.05) is 0 Å². The molecule has 0 saturated carbocycles. The number of phenols is 2. The van der Waals surface area contributed by atoms with Crippen molar-refractivity contribution in [3.05, 3.63) is 23.3 Å². The van der Waals surface area contributed by atoms with E-state index in [0.717, 1.165) is 11.1 Å². The Morgan fingerprint density at radius 3 is 1.72 bits per heavy atom. The minimum absolute atomic E-state index is 0.178. The van der Waals surface area contributed by atoms with Crippen LogP contribution in [0.4, 0.5) is 0 Å². The van der Waals surface area contributed by atoms with Crippen LogP contribution in [0.5, 0.6) is 11.5 Å². The first kappa shape index (κ1) is 14.9. The molecular formula is C16H26O2. The molecule has 102 valence electrons. The van der Waals surface area contributed by atoms with E-state index in [1.807, 2.05) is 20.8 Å². The van der Waals surface area contributed by atoms with E-state index in [-0.39, 0.29) is 16.6 Å². The zero-order chi connectivity index (χ0) is 14.3. The van der Waals surface area contributed by atoms with Crippen LogP contribution in [0.1, 0.15) is 59.6 Å². The Labute approximate surface area is 111 Å². The summed E-state index contributed by atoms with van der Waals surface area (Å²) in [6, 6.07) is 3.35. The van der Waals surface area contributed by atoms with E-state index in [4.69, 9.17) is 0 Å². The fourth-order valence-corrected chi connectivity index (χ4v) is 1.99. The molecule has 0 aliphatic heterocycles. The molecule has 18 heavy (non-hydrogen) atoms. The quantitative estimate of drug-likeness (QED) is 0.767. The molecule has 0 heterocycles. The highest BCUT2D eigenvalue weighted by Gasteiger charge is 2.31. The van der Waals surface area contributed by atoms with E-state index in [1.165, 1.54) is 0 Å². The van der Waals surface area contributed by atoms with Gasteiger partial charge in [0.2, 0.25) is 0 Å². The molecule has 0 atom stereocenters. The van der Waals surface area contributed by atoms with Gasteiger partial charge in [-0.15, -0.1) is 0 Å². The van der Waals surface area contributed by atoms with Crippen molar-refractivity contribution in [2.24, 2.45) is 5.92 Å². The Hall–Kier alpha value is -1.18. The van der Waals surface area contributed by atoms with E-state index in [2.05, 4.69) is 27.7 Å². The summed E-state index contributed by atoms with van der Waals surface area (Å²) < 4.78 is 0. The van der Waals surface area contributed by atoms with Gasteiger partial charge in [0.25, 0.3) is 0 Å². The third-order valence-electron chi connectivity index (χ3n) is 4.04. The summed E-state index contributed by atoms with van der Waals surface area (Å²) in [7, 11) is 0. The lowest BCUT2D eigenvalue weighted by atomic mass is 9.72. The van der Waals surface area contributed by atoms with Gasteiger partial charge in [0.1, 0.15) is 11.5 Å². The summed E-state index contributed by atoms with van der Waals surface area (Å²) in [5.41, 5.74) is 1.25. The molecule has 1 rings (SSSR count). The first-order valence-electron chi connectivity index (χ1n) is 6.55. The van der Waals surface area contributed by atoms with Gasteiger partial charge in [-0.3, -0.25) is 0 Å². The maximum absolute atomic E-state index is 10.5. The van der Waals surface area contributed by atoms with Gasteiger partial charge in [0.05, 0.1) is 0 Å². The highest BCUT2D eigenvalue weighted by Crippen LogP contribution is 2.44. The van der Waals surface area contributed by atoms with Gasteiger partial charge >= 0.3 is 0 Å². The zero-order valence-electron chi connectivity index (χ0n) is 12.6. The Bertz CT molecular complexity index is 437. The summed E-state index contributed by atoms with van der Waals surface area (Å²) in [6.07, 6.45) is 0. The highest BCUT2D eigenvalue weighted by molar-refractivity contribution is 5.51. The maximum Gasteiger partial charge on any atom is 0.123 e. The lowest BCUT2D eigenvalue weighted by molar-refractivity contribution is 0.343. The first-order chi connectivity index (χ1) is 7.98. The second-order valence-corrected chi connectivity index (χ2v) is 7.02. The van der Waals surface area contributed by atoms with Gasteiger partial charge in [-0.1, -0.05) is 48.5 Å². The topological polar surface area (TPSA) is 40.5 Å². The van der Waals surface area contributed by atoms with Crippen molar-refractivity contribution in [1.82, 2.24) is 0 Å². The molecule has 0 aliphatic carbocycles. The minimum Gasteiger partial charge on any atom is -0.508 e. The van der Waals surface area contributed by atoms with Gasteiger partial charge in [0, 0.05) is 11.1 Å². The number of hydrogen-bond donors (Lipinski definition) is 2. The summed E-state index contributed by atoms with van der Waals surface area (Å²) in [4.78, 5) is 0. The van der Waals surface area contributed by atoms with Crippen molar-refractivity contribution in [3.8, 4) is 11.5 Å². The van der Waals surface area contributed by atoms with Crippen LogP contribution < -0.4 is 0 Å². The Morgan fingerprint density at radius 1 is 0.889 bits per heavy atom. The fraction of sp³-hybridized carbons (Fsp3) is 0.625. The predicted octanol–water partition coefficient (Wildman–Crippen LogP) is 4.33. The number of hydrogen-bond acceptors (Lipinski definition) is 2. The Balaban J connectivity index is 3.53. The van der Waals surface area contributed by atoms with Gasteiger partial charge in [-0.05, 0) is 28.9 Å². The zero-order valence-corrected chi connectivity index (χ0v) is 12.6.